The second-order valence-electron chi connectivity index (χ2n) is 6.67. The van der Waals surface area contributed by atoms with Crippen molar-refractivity contribution < 1.29 is 9.59 Å². The number of nitrogens with zero attached hydrogens (tertiary/aromatic N) is 1. The Labute approximate surface area is 163 Å². The molecule has 0 unspecified atom stereocenters. The van der Waals surface area contributed by atoms with E-state index in [-0.39, 0.29) is 5.91 Å². The van der Waals surface area contributed by atoms with E-state index in [4.69, 9.17) is 17.2 Å². The van der Waals surface area contributed by atoms with Crippen LogP contribution in [0.25, 0.3) is 0 Å². The smallest absolute Gasteiger partial charge is 0.263 e. The summed E-state index contributed by atoms with van der Waals surface area (Å²) < 4.78 is 0. The van der Waals surface area contributed by atoms with Crippen LogP contribution in [-0.4, -0.2) is 11.8 Å². The zero-order valence-corrected chi connectivity index (χ0v) is 15.8. The van der Waals surface area contributed by atoms with E-state index in [1.165, 1.54) is 0 Å². The highest BCUT2D eigenvalue weighted by atomic mass is 16.2. The largest absolute Gasteiger partial charge is 0.399 e. The number of nitrogen functional groups attached to an aromatic ring is 2. The molecule has 6 nitrogen and oxygen atoms in total. The fourth-order valence-electron chi connectivity index (χ4n) is 3.06. The lowest BCUT2D eigenvalue weighted by molar-refractivity contribution is 0.0987. The first-order valence-electron chi connectivity index (χ1n) is 8.74. The molecule has 3 aromatic carbocycles. The van der Waals surface area contributed by atoms with Crippen LogP contribution < -0.4 is 22.1 Å². The summed E-state index contributed by atoms with van der Waals surface area (Å²) in [5.41, 5.74) is 21.8. The Bertz CT molecular complexity index is 996. The van der Waals surface area contributed by atoms with E-state index < -0.39 is 5.91 Å². The summed E-state index contributed by atoms with van der Waals surface area (Å²) in [6.45, 7) is 3.54. The zero-order valence-electron chi connectivity index (χ0n) is 15.8. The Hall–Kier alpha value is -3.80. The molecule has 0 saturated heterocycles. The highest BCUT2D eigenvalue weighted by Crippen LogP contribution is 2.30. The van der Waals surface area contributed by atoms with Gasteiger partial charge in [0, 0.05) is 33.9 Å². The molecule has 2 amide bonds. The lowest BCUT2D eigenvalue weighted by Crippen LogP contribution is -2.27. The van der Waals surface area contributed by atoms with E-state index in [2.05, 4.69) is 0 Å². The van der Waals surface area contributed by atoms with Crippen LogP contribution in [0.1, 0.15) is 31.8 Å². The molecule has 3 aromatic rings. The quantitative estimate of drug-likeness (QED) is 0.606. The molecule has 0 aliphatic heterocycles. The van der Waals surface area contributed by atoms with Crippen LogP contribution >= 0.6 is 0 Å². The summed E-state index contributed by atoms with van der Waals surface area (Å²) in [7, 11) is 0. The van der Waals surface area contributed by atoms with Gasteiger partial charge in [-0.25, -0.2) is 0 Å². The first-order valence-corrected chi connectivity index (χ1v) is 8.74. The van der Waals surface area contributed by atoms with Crippen molar-refractivity contribution in [2.45, 2.75) is 13.8 Å². The number of carbonyl (C=O) groups is 2. The molecule has 0 spiro atoms. The van der Waals surface area contributed by atoms with E-state index >= 15 is 0 Å². The van der Waals surface area contributed by atoms with Crippen molar-refractivity contribution in [1.82, 2.24) is 0 Å². The third kappa shape index (κ3) is 3.66. The Morgan fingerprint density at radius 1 is 0.714 bits per heavy atom. The van der Waals surface area contributed by atoms with Crippen LogP contribution in [0.2, 0.25) is 0 Å². The van der Waals surface area contributed by atoms with Gasteiger partial charge in [0.2, 0.25) is 5.91 Å². The number of aryl methyl sites for hydroxylation is 2. The van der Waals surface area contributed by atoms with Gasteiger partial charge in [-0.15, -0.1) is 0 Å². The summed E-state index contributed by atoms with van der Waals surface area (Å²) in [5, 5.41) is 0. The van der Waals surface area contributed by atoms with Gasteiger partial charge < -0.3 is 17.2 Å². The van der Waals surface area contributed by atoms with E-state index in [1.54, 1.807) is 79.4 Å². The summed E-state index contributed by atoms with van der Waals surface area (Å²) in [6, 6.07) is 17.4. The summed E-state index contributed by atoms with van der Waals surface area (Å²) in [5.74, 6) is -0.750. The van der Waals surface area contributed by atoms with Crippen molar-refractivity contribution in [3.8, 4) is 0 Å². The Morgan fingerprint density at radius 3 is 1.54 bits per heavy atom. The highest BCUT2D eigenvalue weighted by molar-refractivity contribution is 6.12. The fourth-order valence-corrected chi connectivity index (χ4v) is 3.06. The number of rotatable bonds is 4. The minimum atomic E-state index is -0.520. The van der Waals surface area contributed by atoms with Crippen LogP contribution in [0.3, 0.4) is 0 Å². The van der Waals surface area contributed by atoms with Gasteiger partial charge in [-0.2, -0.15) is 0 Å². The van der Waals surface area contributed by atoms with Gasteiger partial charge in [-0.05, 0) is 85.6 Å². The average Bonchev–Trinajstić information content (AvgIpc) is 2.66. The van der Waals surface area contributed by atoms with Gasteiger partial charge in [-0.1, -0.05) is 0 Å². The number of primary amides is 1. The Kier molecular flexibility index (Phi) is 5.04. The highest BCUT2D eigenvalue weighted by Gasteiger charge is 2.23. The molecule has 0 bridgehead atoms. The topological polar surface area (TPSA) is 115 Å². The van der Waals surface area contributed by atoms with Crippen molar-refractivity contribution in [3.63, 3.8) is 0 Å². The monoisotopic (exact) mass is 374 g/mol. The molecular weight excluding hydrogens is 352 g/mol. The summed E-state index contributed by atoms with van der Waals surface area (Å²) in [4.78, 5) is 26.7. The van der Waals surface area contributed by atoms with Crippen molar-refractivity contribution in [2.75, 3.05) is 16.4 Å². The molecular formula is C22H22N4O2. The molecule has 3 rings (SSSR count). The summed E-state index contributed by atoms with van der Waals surface area (Å²) in [6.07, 6.45) is 0. The third-order valence-corrected chi connectivity index (χ3v) is 4.57. The summed E-state index contributed by atoms with van der Waals surface area (Å²) >= 11 is 0. The maximum absolute atomic E-state index is 13.5. The number of hydrogen-bond acceptors (Lipinski definition) is 4. The van der Waals surface area contributed by atoms with Crippen LogP contribution in [0.5, 0.6) is 0 Å². The molecule has 142 valence electrons. The number of nitrogens with two attached hydrogens (primary N) is 3. The number of amides is 2. The van der Waals surface area contributed by atoms with Crippen LogP contribution in [0, 0.1) is 13.8 Å². The molecule has 0 aliphatic rings. The molecule has 0 aliphatic carbocycles. The molecule has 28 heavy (non-hydrogen) atoms. The lowest BCUT2D eigenvalue weighted by atomic mass is 9.98. The van der Waals surface area contributed by atoms with Crippen molar-refractivity contribution >= 4 is 34.6 Å². The number of hydrogen-bond donors (Lipinski definition) is 3. The number of carbonyl (C=O) groups excluding carboxylic acids is 2. The minimum absolute atomic E-state index is 0.230. The molecule has 0 fully saturated rings. The van der Waals surface area contributed by atoms with Crippen molar-refractivity contribution in [1.29, 1.82) is 0 Å². The third-order valence-electron chi connectivity index (χ3n) is 4.57. The van der Waals surface area contributed by atoms with Gasteiger partial charge in [-0.3, -0.25) is 14.5 Å². The Morgan fingerprint density at radius 2 is 1.11 bits per heavy atom. The maximum atomic E-state index is 13.5. The molecule has 6 N–H and O–H groups in total. The van der Waals surface area contributed by atoms with Gasteiger partial charge in [0.25, 0.3) is 5.91 Å². The number of anilines is 4. The minimum Gasteiger partial charge on any atom is -0.399 e. The molecule has 6 heteroatoms. The Balaban J connectivity index is 2.14. The van der Waals surface area contributed by atoms with Crippen molar-refractivity contribution in [3.05, 3.63) is 82.9 Å². The van der Waals surface area contributed by atoms with E-state index in [0.717, 1.165) is 0 Å². The standard InChI is InChI=1S/C22H22N4O2/c1-13-12-20(14(2)11-19(13)21(25)27)22(28)26(17-7-3-15(23)4-8-17)18-9-5-16(24)6-10-18/h3-12H,23-24H2,1-2H3,(H2,25,27). The maximum Gasteiger partial charge on any atom is 0.263 e. The second-order valence-corrected chi connectivity index (χ2v) is 6.67. The van der Waals surface area contributed by atoms with Gasteiger partial charge >= 0.3 is 0 Å². The molecule has 0 aromatic heterocycles. The normalized spacial score (nSPS) is 10.5. The van der Waals surface area contributed by atoms with Crippen LogP contribution in [-0.2, 0) is 0 Å². The molecule has 0 saturated carbocycles. The molecule has 0 atom stereocenters. The van der Waals surface area contributed by atoms with Gasteiger partial charge in [0.1, 0.15) is 0 Å². The lowest BCUT2D eigenvalue weighted by Gasteiger charge is -2.24. The van der Waals surface area contributed by atoms with Crippen molar-refractivity contribution in [2.24, 2.45) is 5.73 Å². The average molecular weight is 374 g/mol. The van der Waals surface area contributed by atoms with Gasteiger partial charge in [0.15, 0.2) is 0 Å². The SMILES string of the molecule is Cc1cc(C(=O)N(c2ccc(N)cc2)c2ccc(N)cc2)c(C)cc1C(N)=O. The van der Waals surface area contributed by atoms with Gasteiger partial charge in [0.05, 0.1) is 0 Å². The first-order chi connectivity index (χ1) is 13.3. The van der Waals surface area contributed by atoms with E-state index in [0.29, 0.717) is 45.0 Å². The molecule has 0 heterocycles. The fraction of sp³-hybridized carbons (Fsp3) is 0.0909. The predicted molar refractivity (Wildman–Crippen MR) is 113 cm³/mol. The number of benzene rings is 3. The van der Waals surface area contributed by atoms with Crippen LogP contribution in [0.4, 0.5) is 22.7 Å². The molecule has 0 radical (unpaired) electrons. The predicted octanol–water partition coefficient (Wildman–Crippen LogP) is 3.55. The second kappa shape index (κ2) is 7.44. The zero-order chi connectivity index (χ0) is 20.4. The van der Waals surface area contributed by atoms with E-state index in [1.807, 2.05) is 0 Å². The first kappa shape index (κ1) is 19.0. The van der Waals surface area contributed by atoms with Crippen LogP contribution in [0.15, 0.2) is 60.7 Å². The van der Waals surface area contributed by atoms with E-state index in [9.17, 15) is 9.59 Å².